The molecule has 5 heteroatoms. The van der Waals surface area contributed by atoms with Gasteiger partial charge in [-0.2, -0.15) is 0 Å². The summed E-state index contributed by atoms with van der Waals surface area (Å²) >= 11 is 0. The molecule has 1 aromatic carbocycles. The topological polar surface area (TPSA) is 67.2 Å². The summed E-state index contributed by atoms with van der Waals surface area (Å²) in [4.78, 5) is 16.8. The van der Waals surface area contributed by atoms with Crippen LogP contribution in [0.5, 0.6) is 0 Å². The number of fused-ring (bicyclic) bond motifs is 5. The first kappa shape index (κ1) is 13.1. The highest BCUT2D eigenvalue weighted by molar-refractivity contribution is 6.07. The molecule has 5 rings (SSSR count). The van der Waals surface area contributed by atoms with Gasteiger partial charge in [0.2, 0.25) is 0 Å². The number of hydrogen-bond acceptors (Lipinski definition) is 4. The molecular formula is C18H17N3O2. The quantitative estimate of drug-likeness (QED) is 0.763. The fraction of sp³-hybridized carbons (Fsp3) is 0.333. The number of amides is 1. The molecule has 0 saturated carbocycles. The summed E-state index contributed by atoms with van der Waals surface area (Å²) in [7, 11) is 0. The summed E-state index contributed by atoms with van der Waals surface area (Å²) in [5.74, 6) is -0.100. The summed E-state index contributed by atoms with van der Waals surface area (Å²) in [5, 5.41) is 8.62. The van der Waals surface area contributed by atoms with Crippen molar-refractivity contribution in [2.45, 2.75) is 37.4 Å². The van der Waals surface area contributed by atoms with E-state index in [-0.39, 0.29) is 11.9 Å². The number of hydrogen-bond donors (Lipinski definition) is 2. The lowest BCUT2D eigenvalue weighted by Crippen LogP contribution is -2.43. The van der Waals surface area contributed by atoms with Crippen LogP contribution in [0, 0.1) is 0 Å². The molecule has 2 bridgehead atoms. The third kappa shape index (κ3) is 2.04. The van der Waals surface area contributed by atoms with Crippen molar-refractivity contribution in [3.8, 4) is 0 Å². The van der Waals surface area contributed by atoms with Crippen LogP contribution in [0.3, 0.4) is 0 Å². The molecule has 5 nitrogen and oxygen atoms in total. The van der Waals surface area contributed by atoms with Crippen molar-refractivity contribution < 1.29 is 9.21 Å². The summed E-state index contributed by atoms with van der Waals surface area (Å²) < 4.78 is 5.76. The normalized spacial score (nSPS) is 26.2. The molecule has 4 heterocycles. The van der Waals surface area contributed by atoms with E-state index in [0.29, 0.717) is 23.4 Å². The number of nitrogens with one attached hydrogen (secondary N) is 2. The monoisotopic (exact) mass is 307 g/mol. The summed E-state index contributed by atoms with van der Waals surface area (Å²) in [5.41, 5.74) is 1.98. The Morgan fingerprint density at radius 3 is 2.96 bits per heavy atom. The lowest BCUT2D eigenvalue weighted by Gasteiger charge is -2.21. The summed E-state index contributed by atoms with van der Waals surface area (Å²) in [6, 6.07) is 10.9. The van der Waals surface area contributed by atoms with Gasteiger partial charge in [-0.3, -0.25) is 4.79 Å². The predicted octanol–water partition coefficient (Wildman–Crippen LogP) is 2.60. The molecule has 1 amide bonds. The van der Waals surface area contributed by atoms with Crippen LogP contribution in [0.15, 0.2) is 40.9 Å². The zero-order valence-electron chi connectivity index (χ0n) is 12.6. The molecule has 23 heavy (non-hydrogen) atoms. The Bertz CT molecular complexity index is 917. The summed E-state index contributed by atoms with van der Waals surface area (Å²) in [6.45, 7) is 0. The van der Waals surface area contributed by atoms with Crippen LogP contribution in [0.2, 0.25) is 0 Å². The molecule has 2 aromatic heterocycles. The third-order valence-corrected chi connectivity index (χ3v) is 5.11. The van der Waals surface area contributed by atoms with Gasteiger partial charge in [0.15, 0.2) is 5.58 Å². The van der Waals surface area contributed by atoms with Crippen LogP contribution in [0.1, 0.15) is 29.8 Å². The van der Waals surface area contributed by atoms with Gasteiger partial charge in [0.1, 0.15) is 11.3 Å². The van der Waals surface area contributed by atoms with E-state index in [4.69, 9.17) is 4.42 Å². The first-order valence-corrected chi connectivity index (χ1v) is 8.12. The number of nitrogens with zero attached hydrogens (tertiary/aromatic N) is 1. The SMILES string of the molecule is O=C(N[C@@H]1CC2CCC1N2)c1cc2c(cn1)oc1ccccc12. The maximum atomic E-state index is 12.5. The van der Waals surface area contributed by atoms with E-state index in [0.717, 1.165) is 29.2 Å². The predicted molar refractivity (Wildman–Crippen MR) is 87.3 cm³/mol. The van der Waals surface area contributed by atoms with Gasteiger partial charge in [0, 0.05) is 28.9 Å². The van der Waals surface area contributed by atoms with Crippen LogP contribution in [0.4, 0.5) is 0 Å². The largest absolute Gasteiger partial charge is 0.454 e. The molecule has 0 aliphatic carbocycles. The number of carbonyl (C=O) groups is 1. The molecule has 3 atom stereocenters. The number of pyridine rings is 1. The molecular weight excluding hydrogens is 290 g/mol. The second-order valence-electron chi connectivity index (χ2n) is 6.53. The number of aromatic nitrogens is 1. The van der Waals surface area contributed by atoms with E-state index in [1.165, 1.54) is 6.42 Å². The highest BCUT2D eigenvalue weighted by Gasteiger charge is 2.39. The molecule has 2 N–H and O–H groups in total. The fourth-order valence-corrected chi connectivity index (χ4v) is 3.98. The van der Waals surface area contributed by atoms with Crippen LogP contribution in [-0.2, 0) is 0 Å². The first-order valence-electron chi connectivity index (χ1n) is 8.12. The van der Waals surface area contributed by atoms with Gasteiger partial charge in [0.25, 0.3) is 5.91 Å². The molecule has 2 saturated heterocycles. The molecule has 2 fully saturated rings. The van der Waals surface area contributed by atoms with E-state index in [1.807, 2.05) is 30.3 Å². The Balaban J connectivity index is 1.47. The standard InChI is InChI=1S/C18H17N3O2/c22-18(21-14-7-10-5-6-13(14)20-10)15-8-12-11-3-1-2-4-16(11)23-17(12)9-19-15/h1-4,8-10,13-14,20H,5-7H2,(H,21,22)/t10?,13?,14-/m1/s1. The maximum Gasteiger partial charge on any atom is 0.270 e. The fourth-order valence-electron chi connectivity index (χ4n) is 3.98. The zero-order chi connectivity index (χ0) is 15.4. The molecule has 0 radical (unpaired) electrons. The van der Waals surface area contributed by atoms with Crippen LogP contribution in [0.25, 0.3) is 21.9 Å². The second kappa shape index (κ2) is 4.80. The van der Waals surface area contributed by atoms with E-state index in [2.05, 4.69) is 15.6 Å². The summed E-state index contributed by atoms with van der Waals surface area (Å²) in [6.07, 6.45) is 5.04. The van der Waals surface area contributed by atoms with Gasteiger partial charge in [-0.1, -0.05) is 18.2 Å². The van der Waals surface area contributed by atoms with Gasteiger partial charge in [0.05, 0.1) is 6.20 Å². The van der Waals surface area contributed by atoms with Gasteiger partial charge in [-0.15, -0.1) is 0 Å². The number of furan rings is 1. The lowest BCUT2D eigenvalue weighted by molar-refractivity contribution is 0.0926. The van der Waals surface area contributed by atoms with Crippen molar-refractivity contribution in [1.82, 2.24) is 15.6 Å². The van der Waals surface area contributed by atoms with Crippen molar-refractivity contribution in [3.05, 3.63) is 42.2 Å². The number of benzene rings is 1. The molecule has 2 unspecified atom stereocenters. The van der Waals surface area contributed by atoms with Crippen molar-refractivity contribution in [1.29, 1.82) is 0 Å². The number of para-hydroxylation sites is 1. The van der Waals surface area contributed by atoms with E-state index >= 15 is 0 Å². The second-order valence-corrected chi connectivity index (χ2v) is 6.53. The number of carbonyl (C=O) groups excluding carboxylic acids is 1. The van der Waals surface area contributed by atoms with Crippen LogP contribution < -0.4 is 10.6 Å². The van der Waals surface area contributed by atoms with Gasteiger partial charge >= 0.3 is 0 Å². The Kier molecular flexibility index (Phi) is 2.73. The Morgan fingerprint density at radius 1 is 1.22 bits per heavy atom. The van der Waals surface area contributed by atoms with Crippen molar-refractivity contribution in [2.75, 3.05) is 0 Å². The van der Waals surface area contributed by atoms with Crippen LogP contribution >= 0.6 is 0 Å². The highest BCUT2D eigenvalue weighted by atomic mass is 16.3. The van der Waals surface area contributed by atoms with E-state index in [1.54, 1.807) is 6.20 Å². The minimum atomic E-state index is -0.100. The Hall–Kier alpha value is -2.40. The molecule has 2 aliphatic rings. The third-order valence-electron chi connectivity index (χ3n) is 5.11. The van der Waals surface area contributed by atoms with Crippen molar-refractivity contribution in [2.24, 2.45) is 0 Å². The van der Waals surface area contributed by atoms with E-state index in [9.17, 15) is 4.79 Å². The number of rotatable bonds is 2. The molecule has 0 spiro atoms. The first-order chi connectivity index (χ1) is 11.3. The Morgan fingerprint density at radius 2 is 2.13 bits per heavy atom. The lowest BCUT2D eigenvalue weighted by atomic mass is 9.95. The van der Waals surface area contributed by atoms with Gasteiger partial charge in [-0.05, 0) is 31.4 Å². The maximum absolute atomic E-state index is 12.5. The molecule has 3 aromatic rings. The van der Waals surface area contributed by atoms with Crippen LogP contribution in [-0.4, -0.2) is 29.0 Å². The van der Waals surface area contributed by atoms with E-state index < -0.39 is 0 Å². The van der Waals surface area contributed by atoms with Crippen molar-refractivity contribution >= 4 is 27.8 Å². The van der Waals surface area contributed by atoms with Gasteiger partial charge in [-0.25, -0.2) is 4.98 Å². The smallest absolute Gasteiger partial charge is 0.270 e. The minimum Gasteiger partial charge on any atom is -0.454 e. The van der Waals surface area contributed by atoms with Gasteiger partial charge < -0.3 is 15.1 Å². The molecule has 116 valence electrons. The average molecular weight is 307 g/mol. The minimum absolute atomic E-state index is 0.100. The van der Waals surface area contributed by atoms with Crippen molar-refractivity contribution in [3.63, 3.8) is 0 Å². The Labute approximate surface area is 133 Å². The average Bonchev–Trinajstić information content (AvgIpc) is 3.27. The highest BCUT2D eigenvalue weighted by Crippen LogP contribution is 2.30. The molecule has 2 aliphatic heterocycles. The zero-order valence-corrected chi connectivity index (χ0v) is 12.6.